The molecule has 0 radical (unpaired) electrons. The van der Waals surface area contributed by atoms with Crippen molar-refractivity contribution < 1.29 is 26.9 Å². The lowest BCUT2D eigenvalue weighted by Gasteiger charge is -2.10. The molecule has 1 N–H and O–H groups in total. The van der Waals surface area contributed by atoms with Crippen LogP contribution in [-0.4, -0.2) is 11.1 Å². The minimum Gasteiger partial charge on any atom is -0.338 e. The van der Waals surface area contributed by atoms with E-state index in [1.54, 1.807) is 6.92 Å². The second-order valence-electron chi connectivity index (χ2n) is 3.95. The smallest absolute Gasteiger partial charge is 0.338 e. The summed E-state index contributed by atoms with van der Waals surface area (Å²) in [6.45, 7) is 1.59. The highest BCUT2D eigenvalue weighted by Crippen LogP contribution is 2.32. The van der Waals surface area contributed by atoms with E-state index in [1.807, 2.05) is 0 Å². The Labute approximate surface area is 110 Å². The van der Waals surface area contributed by atoms with E-state index in [9.17, 15) is 22.4 Å². The van der Waals surface area contributed by atoms with Gasteiger partial charge in [-0.25, -0.2) is 4.39 Å². The van der Waals surface area contributed by atoms with Crippen molar-refractivity contribution in [3.05, 3.63) is 46.9 Å². The van der Waals surface area contributed by atoms with Crippen molar-refractivity contribution in [2.75, 3.05) is 5.32 Å². The topological polar surface area (TPSA) is 55.1 Å². The van der Waals surface area contributed by atoms with Gasteiger partial charge in [0.25, 0.3) is 5.91 Å². The van der Waals surface area contributed by atoms with Crippen molar-refractivity contribution in [1.82, 2.24) is 5.16 Å². The molecule has 0 aliphatic rings. The fourth-order valence-electron chi connectivity index (χ4n) is 1.53. The summed E-state index contributed by atoms with van der Waals surface area (Å²) in [7, 11) is 0. The minimum absolute atomic E-state index is 0.0793. The summed E-state index contributed by atoms with van der Waals surface area (Å²) >= 11 is 0. The molecule has 0 fully saturated rings. The first-order valence-corrected chi connectivity index (χ1v) is 5.39. The maximum atomic E-state index is 13.7. The summed E-state index contributed by atoms with van der Waals surface area (Å²) in [5, 5.41) is 5.60. The number of amides is 1. The van der Waals surface area contributed by atoms with Crippen molar-refractivity contribution >= 4 is 11.8 Å². The Balaban J connectivity index is 2.31. The molecule has 2 rings (SSSR count). The number of aromatic nitrogens is 1. The molecule has 1 heterocycles. The maximum Gasteiger partial charge on any atom is 0.419 e. The molecule has 1 amide bonds. The van der Waals surface area contributed by atoms with Gasteiger partial charge in [0.2, 0.25) is 5.88 Å². The molecule has 0 aliphatic heterocycles. The van der Waals surface area contributed by atoms with Crippen LogP contribution in [-0.2, 0) is 6.18 Å². The van der Waals surface area contributed by atoms with Crippen LogP contribution in [0.5, 0.6) is 0 Å². The number of nitrogens with zero attached hydrogens (tertiary/aromatic N) is 1. The van der Waals surface area contributed by atoms with E-state index in [4.69, 9.17) is 0 Å². The van der Waals surface area contributed by atoms with E-state index in [1.165, 1.54) is 6.07 Å². The van der Waals surface area contributed by atoms with Crippen molar-refractivity contribution in [3.8, 4) is 0 Å². The van der Waals surface area contributed by atoms with Crippen LogP contribution in [0.3, 0.4) is 0 Å². The first kappa shape index (κ1) is 14.0. The van der Waals surface area contributed by atoms with Crippen molar-refractivity contribution in [2.24, 2.45) is 0 Å². The Kier molecular flexibility index (Phi) is 3.47. The molecule has 106 valence electrons. The largest absolute Gasteiger partial charge is 0.419 e. The number of halogens is 4. The predicted molar refractivity (Wildman–Crippen MR) is 60.6 cm³/mol. The number of alkyl halides is 3. The molecule has 0 bridgehead atoms. The number of benzene rings is 1. The Bertz CT molecular complexity index is 649. The first-order valence-electron chi connectivity index (χ1n) is 5.39. The van der Waals surface area contributed by atoms with Gasteiger partial charge in [0.05, 0.1) is 16.8 Å². The fourth-order valence-corrected chi connectivity index (χ4v) is 1.53. The highest BCUT2D eigenvalue weighted by molar-refractivity contribution is 6.03. The molecular formula is C12H8F4N2O2. The lowest BCUT2D eigenvalue weighted by Crippen LogP contribution is -2.17. The summed E-state index contributed by atoms with van der Waals surface area (Å²) in [5.41, 5.74) is -1.77. The quantitative estimate of drug-likeness (QED) is 0.862. The number of aryl methyl sites for hydroxylation is 1. The van der Waals surface area contributed by atoms with Gasteiger partial charge in [-0.3, -0.25) is 10.1 Å². The molecule has 20 heavy (non-hydrogen) atoms. The Morgan fingerprint density at radius 2 is 2.05 bits per heavy atom. The molecule has 1 aromatic carbocycles. The number of hydrogen-bond donors (Lipinski definition) is 1. The lowest BCUT2D eigenvalue weighted by atomic mass is 10.1. The number of rotatable bonds is 2. The van der Waals surface area contributed by atoms with Gasteiger partial charge in [-0.1, -0.05) is 11.2 Å². The SMILES string of the molecule is Cc1cc(NC(=O)c2cccc(C(F)(F)F)c2F)on1. The second-order valence-corrected chi connectivity index (χ2v) is 3.95. The molecule has 2 aromatic rings. The van der Waals surface area contributed by atoms with Crippen molar-refractivity contribution in [1.29, 1.82) is 0 Å². The summed E-state index contributed by atoms with van der Waals surface area (Å²) in [4.78, 5) is 11.7. The van der Waals surface area contributed by atoms with Gasteiger partial charge in [-0.15, -0.1) is 0 Å². The summed E-state index contributed by atoms with van der Waals surface area (Å²) in [6.07, 6.45) is -4.87. The molecule has 8 heteroatoms. The molecule has 0 spiro atoms. The Morgan fingerprint density at radius 3 is 2.60 bits per heavy atom. The maximum absolute atomic E-state index is 13.7. The standard InChI is InChI=1S/C12H8F4N2O2/c1-6-5-9(20-18-6)17-11(19)7-3-2-4-8(10(7)13)12(14,15)16/h2-5H,1H3,(H,17,19). The zero-order valence-electron chi connectivity index (χ0n) is 10.1. The monoisotopic (exact) mass is 288 g/mol. The van der Waals surface area contributed by atoms with Crippen LogP contribution < -0.4 is 5.32 Å². The van der Waals surface area contributed by atoms with Crippen molar-refractivity contribution in [3.63, 3.8) is 0 Å². The molecule has 0 unspecified atom stereocenters. The van der Waals surface area contributed by atoms with Crippen LogP contribution in [0.15, 0.2) is 28.8 Å². The molecule has 0 atom stereocenters. The number of anilines is 1. The number of nitrogens with one attached hydrogen (secondary N) is 1. The highest BCUT2D eigenvalue weighted by Gasteiger charge is 2.35. The molecular weight excluding hydrogens is 280 g/mol. The van der Waals surface area contributed by atoms with Gasteiger partial charge >= 0.3 is 6.18 Å². The highest BCUT2D eigenvalue weighted by atomic mass is 19.4. The van der Waals surface area contributed by atoms with Crippen LogP contribution in [0, 0.1) is 12.7 Å². The first-order chi connectivity index (χ1) is 9.29. The minimum atomic E-state index is -4.87. The number of hydrogen-bond acceptors (Lipinski definition) is 3. The van der Waals surface area contributed by atoms with E-state index >= 15 is 0 Å². The summed E-state index contributed by atoms with van der Waals surface area (Å²) in [6, 6.07) is 3.81. The van der Waals surface area contributed by atoms with E-state index in [0.29, 0.717) is 11.8 Å². The van der Waals surface area contributed by atoms with Crippen LogP contribution in [0.25, 0.3) is 0 Å². The van der Waals surface area contributed by atoms with Crippen LogP contribution in [0.1, 0.15) is 21.6 Å². The zero-order valence-corrected chi connectivity index (χ0v) is 10.1. The van der Waals surface area contributed by atoms with Crippen LogP contribution in [0.4, 0.5) is 23.4 Å². The third kappa shape index (κ3) is 2.79. The van der Waals surface area contributed by atoms with E-state index in [0.717, 1.165) is 12.1 Å². The van der Waals surface area contributed by atoms with Gasteiger partial charge < -0.3 is 4.52 Å². The second kappa shape index (κ2) is 4.95. The third-order valence-corrected chi connectivity index (χ3v) is 2.41. The number of carbonyl (C=O) groups is 1. The molecule has 1 aromatic heterocycles. The van der Waals surface area contributed by atoms with E-state index in [-0.39, 0.29) is 5.88 Å². The zero-order chi connectivity index (χ0) is 14.9. The lowest BCUT2D eigenvalue weighted by molar-refractivity contribution is -0.140. The predicted octanol–water partition coefficient (Wildman–Crippen LogP) is 3.39. The summed E-state index contributed by atoms with van der Waals surface area (Å²) < 4.78 is 55.9. The Morgan fingerprint density at radius 1 is 1.35 bits per heavy atom. The van der Waals surface area contributed by atoms with Gasteiger partial charge in [0.15, 0.2) is 0 Å². The Hall–Kier alpha value is -2.38. The number of carbonyl (C=O) groups excluding carboxylic acids is 1. The van der Waals surface area contributed by atoms with Crippen LogP contribution >= 0.6 is 0 Å². The molecule has 4 nitrogen and oxygen atoms in total. The van der Waals surface area contributed by atoms with Gasteiger partial charge in [0, 0.05) is 6.07 Å². The van der Waals surface area contributed by atoms with Crippen molar-refractivity contribution in [2.45, 2.75) is 13.1 Å². The van der Waals surface area contributed by atoms with Gasteiger partial charge in [-0.2, -0.15) is 13.2 Å². The fraction of sp³-hybridized carbons (Fsp3) is 0.167. The normalized spacial score (nSPS) is 11.4. The average molecular weight is 288 g/mol. The van der Waals surface area contributed by atoms with E-state index in [2.05, 4.69) is 15.0 Å². The molecule has 0 saturated carbocycles. The van der Waals surface area contributed by atoms with Gasteiger partial charge in [0.1, 0.15) is 5.82 Å². The molecule has 0 saturated heterocycles. The third-order valence-electron chi connectivity index (χ3n) is 2.41. The van der Waals surface area contributed by atoms with Crippen LogP contribution in [0.2, 0.25) is 0 Å². The average Bonchev–Trinajstić information content (AvgIpc) is 2.73. The van der Waals surface area contributed by atoms with Gasteiger partial charge in [-0.05, 0) is 19.1 Å². The van der Waals surface area contributed by atoms with E-state index < -0.39 is 29.0 Å². The summed E-state index contributed by atoms with van der Waals surface area (Å²) in [5.74, 6) is -2.76. The molecule has 0 aliphatic carbocycles.